The molecule has 2 heterocycles. The third kappa shape index (κ3) is 3.69. The van der Waals surface area contributed by atoms with Crippen molar-refractivity contribution < 1.29 is 0 Å². The molecular weight excluding hydrogens is 320 g/mol. The summed E-state index contributed by atoms with van der Waals surface area (Å²) < 4.78 is 0. The average Bonchev–Trinajstić information content (AvgIpc) is 3.23. The van der Waals surface area contributed by atoms with Crippen LogP contribution in [-0.4, -0.2) is 23.1 Å². The molecule has 0 bridgehead atoms. The topological polar surface area (TPSA) is 41.1 Å². The van der Waals surface area contributed by atoms with Crippen LogP contribution in [0, 0.1) is 6.92 Å². The second-order valence-electron chi connectivity index (χ2n) is 6.78. The molecule has 0 unspecified atom stereocenters. The van der Waals surface area contributed by atoms with Crippen molar-refractivity contribution in [2.24, 2.45) is 0 Å². The number of hydrogen-bond donors (Lipinski definition) is 1. The molecule has 1 aliphatic heterocycles. The Hall–Kier alpha value is -2.88. The number of benzene rings is 2. The maximum Gasteiger partial charge on any atom is 0.225 e. The van der Waals surface area contributed by atoms with Crippen molar-refractivity contribution in [3.05, 3.63) is 71.8 Å². The number of aryl methyl sites for hydroxylation is 1. The molecule has 0 saturated carbocycles. The van der Waals surface area contributed by atoms with Gasteiger partial charge in [-0.25, -0.2) is 4.98 Å². The first-order valence-corrected chi connectivity index (χ1v) is 9.27. The highest BCUT2D eigenvalue weighted by Crippen LogP contribution is 2.26. The number of hydrogen-bond acceptors (Lipinski definition) is 4. The van der Waals surface area contributed by atoms with E-state index in [4.69, 9.17) is 9.97 Å². The Balaban J connectivity index is 1.64. The van der Waals surface area contributed by atoms with Gasteiger partial charge in [0.1, 0.15) is 5.82 Å². The lowest BCUT2D eigenvalue weighted by atomic mass is 10.1. The van der Waals surface area contributed by atoms with Crippen LogP contribution in [-0.2, 0) is 6.54 Å². The van der Waals surface area contributed by atoms with Crippen molar-refractivity contribution >= 4 is 11.8 Å². The summed E-state index contributed by atoms with van der Waals surface area (Å²) in [6.07, 6.45) is 2.47. The monoisotopic (exact) mass is 344 g/mol. The molecule has 1 fully saturated rings. The van der Waals surface area contributed by atoms with Gasteiger partial charge in [0.15, 0.2) is 0 Å². The minimum atomic E-state index is 0.691. The molecule has 0 atom stereocenters. The summed E-state index contributed by atoms with van der Waals surface area (Å²) >= 11 is 0. The van der Waals surface area contributed by atoms with Gasteiger partial charge in [-0.3, -0.25) is 0 Å². The van der Waals surface area contributed by atoms with E-state index in [0.29, 0.717) is 5.95 Å². The van der Waals surface area contributed by atoms with Crippen LogP contribution >= 0.6 is 0 Å². The maximum absolute atomic E-state index is 4.79. The Kier molecular flexibility index (Phi) is 4.82. The van der Waals surface area contributed by atoms with Gasteiger partial charge in [-0.15, -0.1) is 0 Å². The minimum absolute atomic E-state index is 0.691. The SMILES string of the molecule is Cc1ccccc1CNc1nc(-c2ccccc2)cc(N2CCCC2)n1. The average molecular weight is 344 g/mol. The Morgan fingerprint density at radius 1 is 0.923 bits per heavy atom. The van der Waals surface area contributed by atoms with Crippen LogP contribution in [0.5, 0.6) is 0 Å². The molecular formula is C22H24N4. The summed E-state index contributed by atoms with van der Waals surface area (Å²) in [6.45, 7) is 5.00. The van der Waals surface area contributed by atoms with Crippen molar-refractivity contribution in [3.8, 4) is 11.3 Å². The predicted octanol–water partition coefficient (Wildman–Crippen LogP) is 4.66. The summed E-state index contributed by atoms with van der Waals surface area (Å²) in [6, 6.07) is 20.8. The van der Waals surface area contributed by atoms with E-state index in [9.17, 15) is 0 Å². The molecule has 4 nitrogen and oxygen atoms in total. The fraction of sp³-hybridized carbons (Fsp3) is 0.273. The van der Waals surface area contributed by atoms with Crippen LogP contribution in [0.1, 0.15) is 24.0 Å². The standard InChI is InChI=1S/C22H24N4/c1-17-9-5-6-12-19(17)16-23-22-24-20(18-10-3-2-4-11-18)15-21(25-22)26-13-7-8-14-26/h2-6,9-12,15H,7-8,13-14,16H2,1H3,(H,23,24,25). The predicted molar refractivity (Wildman–Crippen MR) is 107 cm³/mol. The molecule has 1 N–H and O–H groups in total. The van der Waals surface area contributed by atoms with Crippen molar-refractivity contribution in [3.63, 3.8) is 0 Å². The molecule has 1 saturated heterocycles. The first-order chi connectivity index (χ1) is 12.8. The first-order valence-electron chi connectivity index (χ1n) is 9.27. The lowest BCUT2D eigenvalue weighted by molar-refractivity contribution is 0.923. The van der Waals surface area contributed by atoms with Crippen molar-refractivity contribution in [2.75, 3.05) is 23.3 Å². The van der Waals surface area contributed by atoms with Crippen molar-refractivity contribution in [1.82, 2.24) is 9.97 Å². The summed E-state index contributed by atoms with van der Waals surface area (Å²) in [5.74, 6) is 1.71. The quantitative estimate of drug-likeness (QED) is 0.730. The summed E-state index contributed by atoms with van der Waals surface area (Å²) in [4.78, 5) is 11.9. The van der Waals surface area contributed by atoms with E-state index in [1.807, 2.05) is 18.2 Å². The van der Waals surface area contributed by atoms with E-state index in [-0.39, 0.29) is 0 Å². The van der Waals surface area contributed by atoms with E-state index >= 15 is 0 Å². The van der Waals surface area contributed by atoms with E-state index < -0.39 is 0 Å². The Bertz CT molecular complexity index is 870. The molecule has 0 aliphatic carbocycles. The van der Waals surface area contributed by atoms with Crippen molar-refractivity contribution in [1.29, 1.82) is 0 Å². The normalized spacial score (nSPS) is 13.8. The van der Waals surface area contributed by atoms with Crippen molar-refractivity contribution in [2.45, 2.75) is 26.3 Å². The van der Waals surface area contributed by atoms with Gasteiger partial charge in [-0.05, 0) is 30.9 Å². The second kappa shape index (κ2) is 7.56. The van der Waals surface area contributed by atoms with Gasteiger partial charge >= 0.3 is 0 Å². The van der Waals surface area contributed by atoms with Crippen LogP contribution in [0.3, 0.4) is 0 Å². The molecule has 132 valence electrons. The fourth-order valence-electron chi connectivity index (χ4n) is 3.36. The van der Waals surface area contributed by atoms with Crippen LogP contribution in [0.2, 0.25) is 0 Å². The maximum atomic E-state index is 4.79. The molecule has 4 rings (SSSR count). The molecule has 0 amide bonds. The molecule has 2 aromatic carbocycles. The Morgan fingerprint density at radius 2 is 1.65 bits per heavy atom. The molecule has 26 heavy (non-hydrogen) atoms. The lowest BCUT2D eigenvalue weighted by Gasteiger charge is -2.18. The minimum Gasteiger partial charge on any atom is -0.356 e. The molecule has 3 aromatic rings. The van der Waals surface area contributed by atoms with E-state index in [0.717, 1.165) is 36.7 Å². The van der Waals surface area contributed by atoms with E-state index in [1.54, 1.807) is 0 Å². The van der Waals surface area contributed by atoms with Crippen LogP contribution in [0.15, 0.2) is 60.7 Å². The Morgan fingerprint density at radius 3 is 2.42 bits per heavy atom. The third-order valence-electron chi connectivity index (χ3n) is 4.91. The first kappa shape index (κ1) is 16.6. The number of rotatable bonds is 5. The zero-order chi connectivity index (χ0) is 17.8. The number of aromatic nitrogens is 2. The third-order valence-corrected chi connectivity index (χ3v) is 4.91. The fourth-order valence-corrected chi connectivity index (χ4v) is 3.36. The largest absolute Gasteiger partial charge is 0.356 e. The molecule has 0 spiro atoms. The number of nitrogens with zero attached hydrogens (tertiary/aromatic N) is 3. The summed E-state index contributed by atoms with van der Waals surface area (Å²) in [5, 5.41) is 3.43. The highest BCUT2D eigenvalue weighted by atomic mass is 15.2. The van der Waals surface area contributed by atoms with Gasteiger partial charge in [0, 0.05) is 31.3 Å². The summed E-state index contributed by atoms with van der Waals surface area (Å²) in [7, 11) is 0. The molecule has 1 aliphatic rings. The second-order valence-corrected chi connectivity index (χ2v) is 6.78. The van der Waals surface area contributed by atoms with Gasteiger partial charge in [-0.1, -0.05) is 54.6 Å². The highest BCUT2D eigenvalue weighted by molar-refractivity contribution is 5.65. The lowest BCUT2D eigenvalue weighted by Crippen LogP contribution is -2.20. The van der Waals surface area contributed by atoms with Gasteiger partial charge in [0.2, 0.25) is 5.95 Å². The molecule has 0 radical (unpaired) electrons. The van der Waals surface area contributed by atoms with E-state index in [2.05, 4.69) is 59.6 Å². The van der Waals surface area contributed by atoms with Gasteiger partial charge in [0.05, 0.1) is 5.69 Å². The van der Waals surface area contributed by atoms with Gasteiger partial charge in [-0.2, -0.15) is 4.98 Å². The Labute approximate surface area is 154 Å². The molecule has 4 heteroatoms. The number of nitrogens with one attached hydrogen (secondary N) is 1. The van der Waals surface area contributed by atoms with Crippen LogP contribution in [0.25, 0.3) is 11.3 Å². The van der Waals surface area contributed by atoms with Crippen LogP contribution < -0.4 is 10.2 Å². The summed E-state index contributed by atoms with van der Waals surface area (Å²) in [5.41, 5.74) is 4.63. The zero-order valence-electron chi connectivity index (χ0n) is 15.2. The van der Waals surface area contributed by atoms with Crippen LogP contribution in [0.4, 0.5) is 11.8 Å². The molecule has 1 aromatic heterocycles. The smallest absolute Gasteiger partial charge is 0.225 e. The number of anilines is 2. The highest BCUT2D eigenvalue weighted by Gasteiger charge is 2.16. The zero-order valence-corrected chi connectivity index (χ0v) is 15.2. The van der Waals surface area contributed by atoms with Gasteiger partial charge < -0.3 is 10.2 Å². The van der Waals surface area contributed by atoms with Gasteiger partial charge in [0.25, 0.3) is 0 Å². The van der Waals surface area contributed by atoms with E-state index in [1.165, 1.54) is 24.0 Å².